The van der Waals surface area contributed by atoms with Crippen LogP contribution in [0.3, 0.4) is 0 Å². The molecule has 0 aliphatic carbocycles. The summed E-state index contributed by atoms with van der Waals surface area (Å²) in [5.41, 5.74) is 2.20. The number of aliphatic hydroxyl groups is 1. The minimum atomic E-state index is -0.412. The van der Waals surface area contributed by atoms with Crippen LogP contribution in [0.4, 0.5) is 0 Å². The highest BCUT2D eigenvalue weighted by Crippen LogP contribution is 2.13. The van der Waals surface area contributed by atoms with Crippen LogP contribution in [0, 0.1) is 0 Å². The number of nitrogens with zero attached hydrogens (tertiary/aromatic N) is 2. The number of amides is 1. The SMILES string of the molecule is O=C(N[C@H](CO)Cc1ccc(O)cc1)c1cccc(-n2cccn2)c1. The summed E-state index contributed by atoms with van der Waals surface area (Å²) in [5, 5.41) is 25.9. The van der Waals surface area contributed by atoms with Gasteiger partial charge in [0.1, 0.15) is 5.75 Å². The Morgan fingerprint density at radius 1 is 1.16 bits per heavy atom. The third-order valence-electron chi connectivity index (χ3n) is 3.85. The lowest BCUT2D eigenvalue weighted by molar-refractivity contribution is 0.0916. The molecule has 3 rings (SSSR count). The van der Waals surface area contributed by atoms with Crippen molar-refractivity contribution in [2.75, 3.05) is 6.61 Å². The Morgan fingerprint density at radius 3 is 2.64 bits per heavy atom. The van der Waals surface area contributed by atoms with Crippen molar-refractivity contribution in [3.63, 3.8) is 0 Å². The van der Waals surface area contributed by atoms with Crippen LogP contribution in [-0.2, 0) is 6.42 Å². The van der Waals surface area contributed by atoms with E-state index < -0.39 is 6.04 Å². The largest absolute Gasteiger partial charge is 0.508 e. The minimum absolute atomic E-state index is 0.175. The maximum atomic E-state index is 12.5. The van der Waals surface area contributed by atoms with Crippen molar-refractivity contribution in [2.24, 2.45) is 0 Å². The standard InChI is InChI=1S/C19H19N3O3/c23-13-16(11-14-5-7-18(24)8-6-14)21-19(25)15-3-1-4-17(12-15)22-10-2-9-20-22/h1-10,12,16,23-24H,11,13H2,(H,21,25)/t16-/m0/s1. The second kappa shape index (κ2) is 7.63. The van der Waals surface area contributed by atoms with Gasteiger partial charge in [0, 0.05) is 18.0 Å². The van der Waals surface area contributed by atoms with E-state index >= 15 is 0 Å². The summed E-state index contributed by atoms with van der Waals surface area (Å²) in [6, 6.07) is 15.2. The average Bonchev–Trinajstić information content (AvgIpc) is 3.18. The monoisotopic (exact) mass is 337 g/mol. The highest BCUT2D eigenvalue weighted by atomic mass is 16.3. The molecule has 1 heterocycles. The maximum absolute atomic E-state index is 12.5. The molecule has 6 nitrogen and oxygen atoms in total. The molecule has 0 saturated heterocycles. The summed E-state index contributed by atoms with van der Waals surface area (Å²) in [7, 11) is 0. The van der Waals surface area contributed by atoms with E-state index in [-0.39, 0.29) is 18.3 Å². The molecular weight excluding hydrogens is 318 g/mol. The minimum Gasteiger partial charge on any atom is -0.508 e. The lowest BCUT2D eigenvalue weighted by Crippen LogP contribution is -2.39. The molecule has 1 atom stereocenters. The zero-order chi connectivity index (χ0) is 17.6. The highest BCUT2D eigenvalue weighted by Gasteiger charge is 2.14. The van der Waals surface area contributed by atoms with Gasteiger partial charge in [-0.05, 0) is 48.4 Å². The third kappa shape index (κ3) is 4.24. The first-order valence-corrected chi connectivity index (χ1v) is 7.95. The van der Waals surface area contributed by atoms with E-state index in [1.807, 2.05) is 12.1 Å². The molecule has 0 aliphatic heterocycles. The maximum Gasteiger partial charge on any atom is 0.251 e. The number of rotatable bonds is 6. The number of phenolic OH excluding ortho intramolecular Hbond substituents is 1. The molecule has 128 valence electrons. The van der Waals surface area contributed by atoms with Crippen molar-refractivity contribution in [3.8, 4) is 11.4 Å². The first-order valence-electron chi connectivity index (χ1n) is 7.95. The van der Waals surface area contributed by atoms with Gasteiger partial charge >= 0.3 is 0 Å². The smallest absolute Gasteiger partial charge is 0.251 e. The molecule has 2 aromatic carbocycles. The predicted molar refractivity (Wildman–Crippen MR) is 93.7 cm³/mol. The fraction of sp³-hybridized carbons (Fsp3) is 0.158. The Balaban J connectivity index is 1.69. The summed E-state index contributed by atoms with van der Waals surface area (Å²) in [6.45, 7) is -0.175. The number of aliphatic hydroxyl groups excluding tert-OH is 1. The van der Waals surface area contributed by atoms with Gasteiger partial charge in [-0.1, -0.05) is 18.2 Å². The van der Waals surface area contributed by atoms with Crippen LogP contribution in [0.15, 0.2) is 67.0 Å². The van der Waals surface area contributed by atoms with Crippen LogP contribution >= 0.6 is 0 Å². The zero-order valence-corrected chi connectivity index (χ0v) is 13.5. The van der Waals surface area contributed by atoms with Gasteiger partial charge in [0.25, 0.3) is 5.91 Å². The van der Waals surface area contributed by atoms with E-state index in [2.05, 4.69) is 10.4 Å². The third-order valence-corrected chi connectivity index (χ3v) is 3.85. The molecule has 0 unspecified atom stereocenters. The Labute approximate surface area is 145 Å². The highest BCUT2D eigenvalue weighted by molar-refractivity contribution is 5.94. The number of nitrogens with one attached hydrogen (secondary N) is 1. The molecule has 3 aromatic rings. The Kier molecular flexibility index (Phi) is 5.11. The Hall–Kier alpha value is -3.12. The molecule has 0 bridgehead atoms. The summed E-state index contributed by atoms with van der Waals surface area (Å²) in [6.07, 6.45) is 3.95. The van der Waals surface area contributed by atoms with E-state index in [9.17, 15) is 15.0 Å². The quantitative estimate of drug-likeness (QED) is 0.641. The molecule has 0 aliphatic rings. The zero-order valence-electron chi connectivity index (χ0n) is 13.5. The van der Waals surface area contributed by atoms with Crippen LogP contribution in [0.2, 0.25) is 0 Å². The number of phenols is 1. The van der Waals surface area contributed by atoms with Crippen molar-refractivity contribution in [3.05, 3.63) is 78.1 Å². The summed E-state index contributed by atoms with van der Waals surface area (Å²) < 4.78 is 1.68. The van der Waals surface area contributed by atoms with Crippen molar-refractivity contribution < 1.29 is 15.0 Å². The van der Waals surface area contributed by atoms with Gasteiger partial charge < -0.3 is 15.5 Å². The van der Waals surface area contributed by atoms with Crippen molar-refractivity contribution in [1.29, 1.82) is 0 Å². The van der Waals surface area contributed by atoms with Crippen LogP contribution in [0.1, 0.15) is 15.9 Å². The molecule has 0 saturated carbocycles. The Bertz CT molecular complexity index is 829. The fourth-order valence-corrected chi connectivity index (χ4v) is 2.56. The second-order valence-electron chi connectivity index (χ2n) is 5.72. The fourth-order valence-electron chi connectivity index (χ4n) is 2.56. The molecule has 0 fully saturated rings. The number of carbonyl (C=O) groups excluding carboxylic acids is 1. The van der Waals surface area contributed by atoms with Crippen molar-refractivity contribution in [1.82, 2.24) is 15.1 Å². The second-order valence-corrected chi connectivity index (χ2v) is 5.72. The van der Waals surface area contributed by atoms with E-state index in [4.69, 9.17) is 0 Å². The van der Waals surface area contributed by atoms with Gasteiger partial charge in [-0.15, -0.1) is 0 Å². The molecule has 6 heteroatoms. The van der Waals surface area contributed by atoms with Crippen LogP contribution in [0.25, 0.3) is 5.69 Å². The molecule has 1 aromatic heterocycles. The van der Waals surface area contributed by atoms with Crippen molar-refractivity contribution >= 4 is 5.91 Å². The topological polar surface area (TPSA) is 87.4 Å². The van der Waals surface area contributed by atoms with Gasteiger partial charge in [0.05, 0.1) is 18.3 Å². The van der Waals surface area contributed by atoms with Gasteiger partial charge in [0.2, 0.25) is 0 Å². The summed E-state index contributed by atoms with van der Waals surface area (Å²) in [4.78, 5) is 12.5. The van der Waals surface area contributed by atoms with Gasteiger partial charge in [-0.25, -0.2) is 4.68 Å². The Morgan fingerprint density at radius 2 is 1.96 bits per heavy atom. The normalized spacial score (nSPS) is 11.9. The molecule has 0 radical (unpaired) electrons. The molecular formula is C19H19N3O3. The number of hydrogen-bond donors (Lipinski definition) is 3. The summed E-state index contributed by atoms with van der Waals surface area (Å²) >= 11 is 0. The van der Waals surface area contributed by atoms with Crippen LogP contribution in [0.5, 0.6) is 5.75 Å². The average molecular weight is 337 g/mol. The van der Waals surface area contributed by atoms with Crippen LogP contribution in [-0.4, -0.2) is 38.5 Å². The molecule has 3 N–H and O–H groups in total. The number of hydrogen-bond acceptors (Lipinski definition) is 4. The van der Waals surface area contributed by atoms with E-state index in [1.54, 1.807) is 59.5 Å². The first kappa shape index (κ1) is 16.7. The molecule has 1 amide bonds. The first-order chi connectivity index (χ1) is 12.2. The lowest BCUT2D eigenvalue weighted by Gasteiger charge is -2.17. The van der Waals surface area contributed by atoms with Crippen LogP contribution < -0.4 is 5.32 Å². The molecule has 0 spiro atoms. The number of carbonyl (C=O) groups is 1. The van der Waals surface area contributed by atoms with Gasteiger partial charge in [-0.2, -0.15) is 5.10 Å². The molecule has 25 heavy (non-hydrogen) atoms. The predicted octanol–water partition coefficient (Wildman–Crippen LogP) is 1.91. The van der Waals surface area contributed by atoms with E-state index in [1.165, 1.54) is 0 Å². The number of aromatic nitrogens is 2. The van der Waals surface area contributed by atoms with E-state index in [0.29, 0.717) is 12.0 Å². The summed E-state index contributed by atoms with van der Waals surface area (Å²) in [5.74, 6) is -0.0735. The number of benzene rings is 2. The van der Waals surface area contributed by atoms with E-state index in [0.717, 1.165) is 11.3 Å². The van der Waals surface area contributed by atoms with Gasteiger partial charge in [0.15, 0.2) is 0 Å². The lowest BCUT2D eigenvalue weighted by atomic mass is 10.1. The number of aromatic hydroxyl groups is 1. The van der Waals surface area contributed by atoms with Crippen molar-refractivity contribution in [2.45, 2.75) is 12.5 Å². The van der Waals surface area contributed by atoms with Gasteiger partial charge in [-0.3, -0.25) is 4.79 Å².